The number of benzene rings is 1. The van der Waals surface area contributed by atoms with Crippen LogP contribution in [-0.2, 0) is 17.8 Å². The van der Waals surface area contributed by atoms with E-state index < -0.39 is 11.4 Å². The first-order valence-electron chi connectivity index (χ1n) is 11.8. The molecule has 0 saturated carbocycles. The Balaban J connectivity index is 1.68. The van der Waals surface area contributed by atoms with Crippen molar-refractivity contribution >= 4 is 21.9 Å². The maximum Gasteiger partial charge on any atom is 0.329 e. The van der Waals surface area contributed by atoms with Crippen LogP contribution in [0.4, 0.5) is 4.39 Å². The lowest BCUT2D eigenvalue weighted by atomic mass is 10.1. The molecule has 0 atom stereocenters. The Morgan fingerprint density at radius 2 is 1.88 bits per heavy atom. The van der Waals surface area contributed by atoms with E-state index in [2.05, 4.69) is 23.8 Å². The zero-order valence-corrected chi connectivity index (χ0v) is 19.4. The van der Waals surface area contributed by atoms with Crippen molar-refractivity contribution in [3.8, 4) is 0 Å². The molecule has 0 aliphatic carbocycles. The first kappa shape index (κ1) is 22.5. The van der Waals surface area contributed by atoms with Gasteiger partial charge < -0.3 is 9.30 Å². The molecule has 0 bridgehead atoms. The number of pyridine rings is 1. The van der Waals surface area contributed by atoms with E-state index in [0.717, 1.165) is 24.8 Å². The van der Waals surface area contributed by atoms with E-state index in [9.17, 15) is 14.0 Å². The average Bonchev–Trinajstić information content (AvgIpc) is 3.10. The van der Waals surface area contributed by atoms with Crippen LogP contribution in [0.5, 0.6) is 0 Å². The van der Waals surface area contributed by atoms with E-state index in [1.807, 2.05) is 15.2 Å². The highest BCUT2D eigenvalue weighted by Gasteiger charge is 2.24. The minimum absolute atomic E-state index is 0.0198. The predicted octanol–water partition coefficient (Wildman–Crippen LogP) is 3.49. The Morgan fingerprint density at radius 1 is 1.09 bits per heavy atom. The molecule has 1 aromatic carbocycles. The molecule has 1 aliphatic rings. The molecule has 8 nitrogen and oxygen atoms in total. The molecule has 3 aromatic heterocycles. The molecule has 1 fully saturated rings. The van der Waals surface area contributed by atoms with Crippen molar-refractivity contribution in [1.82, 2.24) is 23.7 Å². The molecule has 5 rings (SSSR count). The fourth-order valence-corrected chi connectivity index (χ4v) is 4.80. The Kier molecular flexibility index (Phi) is 6.03. The minimum atomic E-state index is -0.622. The number of aromatic nitrogens is 5. The van der Waals surface area contributed by atoms with Gasteiger partial charge in [0.25, 0.3) is 5.56 Å². The number of fused-ring (bicyclic) bond motifs is 2. The summed E-state index contributed by atoms with van der Waals surface area (Å²) in [6, 6.07) is 6.49. The normalized spacial score (nSPS) is 15.1. The molecule has 178 valence electrons. The number of aryl methyl sites for hydroxylation is 1. The second-order valence-electron chi connectivity index (χ2n) is 9.25. The third-order valence-electron chi connectivity index (χ3n) is 6.59. The van der Waals surface area contributed by atoms with Gasteiger partial charge in [-0.1, -0.05) is 19.9 Å². The summed E-state index contributed by atoms with van der Waals surface area (Å²) < 4.78 is 25.3. The summed E-state index contributed by atoms with van der Waals surface area (Å²) in [7, 11) is 0. The molecule has 0 unspecified atom stereocenters. The van der Waals surface area contributed by atoms with Gasteiger partial charge in [-0.05, 0) is 43.4 Å². The fourth-order valence-electron chi connectivity index (χ4n) is 4.80. The van der Waals surface area contributed by atoms with Gasteiger partial charge in [0.15, 0.2) is 0 Å². The largest absolute Gasteiger partial charge is 0.381 e. The first-order chi connectivity index (χ1) is 16.5. The summed E-state index contributed by atoms with van der Waals surface area (Å²) >= 11 is 0. The smallest absolute Gasteiger partial charge is 0.329 e. The maximum atomic E-state index is 14.5. The maximum absolute atomic E-state index is 14.5. The second-order valence-corrected chi connectivity index (χ2v) is 9.25. The van der Waals surface area contributed by atoms with Crippen LogP contribution in [0.2, 0.25) is 0 Å². The molecule has 0 amide bonds. The van der Waals surface area contributed by atoms with Crippen LogP contribution >= 0.6 is 0 Å². The van der Waals surface area contributed by atoms with Gasteiger partial charge in [-0.3, -0.25) is 18.9 Å². The van der Waals surface area contributed by atoms with Crippen molar-refractivity contribution in [3.63, 3.8) is 0 Å². The van der Waals surface area contributed by atoms with E-state index in [0.29, 0.717) is 42.5 Å². The third kappa shape index (κ3) is 3.94. The number of halogens is 1. The summed E-state index contributed by atoms with van der Waals surface area (Å²) in [5.41, 5.74) is 1.19. The number of hydrogen-bond donors (Lipinski definition) is 0. The van der Waals surface area contributed by atoms with E-state index >= 15 is 0 Å². The van der Waals surface area contributed by atoms with Gasteiger partial charge in [-0.15, -0.1) is 0 Å². The molecular weight excluding hydrogens is 437 g/mol. The zero-order valence-electron chi connectivity index (χ0n) is 19.4. The average molecular weight is 466 g/mol. The van der Waals surface area contributed by atoms with Crippen molar-refractivity contribution in [2.75, 3.05) is 13.2 Å². The molecule has 9 heteroatoms. The highest BCUT2D eigenvalue weighted by molar-refractivity contribution is 5.79. The van der Waals surface area contributed by atoms with Crippen molar-refractivity contribution < 1.29 is 9.13 Å². The number of nitrogens with zero attached hydrogens (tertiary/aromatic N) is 5. The lowest BCUT2D eigenvalue weighted by Crippen LogP contribution is -2.32. The quantitative estimate of drug-likeness (QED) is 0.435. The van der Waals surface area contributed by atoms with E-state index in [-0.39, 0.29) is 23.7 Å². The van der Waals surface area contributed by atoms with Crippen LogP contribution in [0.25, 0.3) is 21.9 Å². The third-order valence-corrected chi connectivity index (χ3v) is 6.59. The van der Waals surface area contributed by atoms with E-state index in [1.165, 1.54) is 6.07 Å². The van der Waals surface area contributed by atoms with Crippen LogP contribution in [0.15, 0.2) is 46.2 Å². The topological polar surface area (TPSA) is 83.9 Å². The van der Waals surface area contributed by atoms with Crippen LogP contribution in [0, 0.1) is 11.7 Å². The van der Waals surface area contributed by atoms with Crippen molar-refractivity contribution in [2.45, 2.75) is 52.2 Å². The van der Waals surface area contributed by atoms with Crippen LogP contribution in [0.3, 0.4) is 0 Å². The second kappa shape index (κ2) is 9.13. The minimum Gasteiger partial charge on any atom is -0.381 e. The molecule has 0 spiro atoms. The summed E-state index contributed by atoms with van der Waals surface area (Å²) in [5.74, 6) is 0.247. The molecule has 0 radical (unpaired) electrons. The number of rotatable bonds is 6. The molecule has 1 saturated heterocycles. The summed E-state index contributed by atoms with van der Waals surface area (Å²) in [6.45, 7) is 6.10. The first-order valence-corrected chi connectivity index (χ1v) is 11.8. The molecule has 1 aliphatic heterocycles. The molecule has 34 heavy (non-hydrogen) atoms. The standard InChI is InChI=1S/C25H28FN5O3/c1-16(2)7-11-29-20-5-3-4-18(26)23(20)24(32)28-22(29)15-30-21-14-27-10-6-19(21)31(25(30)33)17-8-12-34-13-9-17/h3-6,10,14,16-17H,7-9,11-13,15H2,1-2H3. The van der Waals surface area contributed by atoms with Gasteiger partial charge in [0, 0.05) is 32.0 Å². The van der Waals surface area contributed by atoms with Gasteiger partial charge in [0.2, 0.25) is 0 Å². The molecular formula is C25H28FN5O3. The lowest BCUT2D eigenvalue weighted by molar-refractivity contribution is 0.0696. The Hall–Kier alpha value is -3.33. The van der Waals surface area contributed by atoms with Gasteiger partial charge in [0.1, 0.15) is 17.0 Å². The number of hydrogen-bond acceptors (Lipinski definition) is 5. The van der Waals surface area contributed by atoms with Crippen LogP contribution in [-0.4, -0.2) is 36.9 Å². The SMILES string of the molecule is CC(C)CCn1c(Cn2c(=O)n(C3CCOCC3)c3ccncc32)nc(=O)c2c(F)cccc21. The summed E-state index contributed by atoms with van der Waals surface area (Å²) in [6.07, 6.45) is 5.69. The highest BCUT2D eigenvalue weighted by atomic mass is 19.1. The summed E-state index contributed by atoms with van der Waals surface area (Å²) in [5, 5.41) is -0.0198. The zero-order chi connectivity index (χ0) is 23.8. The molecule has 0 N–H and O–H groups in total. The van der Waals surface area contributed by atoms with Gasteiger partial charge >= 0.3 is 5.69 Å². The Morgan fingerprint density at radius 3 is 2.65 bits per heavy atom. The molecule has 4 heterocycles. The van der Waals surface area contributed by atoms with Gasteiger partial charge in [-0.25, -0.2) is 9.18 Å². The fraction of sp³-hybridized carbons (Fsp3) is 0.440. The van der Waals surface area contributed by atoms with Crippen molar-refractivity contribution in [1.29, 1.82) is 0 Å². The monoisotopic (exact) mass is 465 g/mol. The number of ether oxygens (including phenoxy) is 1. The van der Waals surface area contributed by atoms with Gasteiger partial charge in [-0.2, -0.15) is 4.98 Å². The number of imidazole rings is 1. The van der Waals surface area contributed by atoms with Crippen molar-refractivity contribution in [3.05, 3.63) is 69.1 Å². The van der Waals surface area contributed by atoms with E-state index in [4.69, 9.17) is 4.74 Å². The molecule has 4 aromatic rings. The summed E-state index contributed by atoms with van der Waals surface area (Å²) in [4.78, 5) is 35.0. The van der Waals surface area contributed by atoms with Gasteiger partial charge in [0.05, 0.1) is 29.3 Å². The van der Waals surface area contributed by atoms with Crippen LogP contribution < -0.4 is 11.2 Å². The Bertz CT molecular complexity index is 1460. The van der Waals surface area contributed by atoms with Crippen LogP contribution in [0.1, 0.15) is 45.0 Å². The lowest BCUT2D eigenvalue weighted by Gasteiger charge is -2.23. The Labute approximate surface area is 195 Å². The predicted molar refractivity (Wildman–Crippen MR) is 128 cm³/mol. The van der Waals surface area contributed by atoms with E-state index in [1.54, 1.807) is 29.1 Å². The highest BCUT2D eigenvalue weighted by Crippen LogP contribution is 2.25. The van der Waals surface area contributed by atoms with Crippen molar-refractivity contribution in [2.24, 2.45) is 5.92 Å².